The first-order valence-corrected chi connectivity index (χ1v) is 4.61. The molecule has 0 unspecified atom stereocenters. The van der Waals surface area contributed by atoms with Crippen molar-refractivity contribution in [3.8, 4) is 5.75 Å². The van der Waals surface area contributed by atoms with E-state index in [-0.39, 0.29) is 17.1 Å². The van der Waals surface area contributed by atoms with Gasteiger partial charge < -0.3 is 9.84 Å². The molecule has 0 radical (unpaired) electrons. The van der Waals surface area contributed by atoms with Crippen molar-refractivity contribution in [3.63, 3.8) is 0 Å². The lowest BCUT2D eigenvalue weighted by Crippen LogP contribution is -2.03. The number of Topliss-reactive ketones (excluding diaryl/α,β-unsaturated/α-hetero) is 1. The van der Waals surface area contributed by atoms with Gasteiger partial charge in [0.2, 0.25) is 0 Å². The number of aromatic carboxylic acids is 1. The van der Waals surface area contributed by atoms with E-state index in [2.05, 4.69) is 0 Å². The lowest BCUT2D eigenvalue weighted by molar-refractivity contribution is 0.0692. The predicted molar refractivity (Wildman–Crippen MR) is 52.6 cm³/mol. The minimum absolute atomic E-state index is 0.0558. The molecule has 1 aliphatic carbocycles. The molecule has 1 aromatic rings. The van der Waals surface area contributed by atoms with Crippen LogP contribution in [0.3, 0.4) is 0 Å². The highest BCUT2D eigenvalue weighted by molar-refractivity contribution is 6.02. The number of ether oxygens (including phenoxy) is 1. The Morgan fingerprint density at radius 2 is 2.13 bits per heavy atom. The van der Waals surface area contributed by atoms with E-state index >= 15 is 0 Å². The van der Waals surface area contributed by atoms with Crippen molar-refractivity contribution in [3.05, 3.63) is 28.8 Å². The molecule has 1 aliphatic rings. The van der Waals surface area contributed by atoms with Gasteiger partial charge in [-0.25, -0.2) is 4.79 Å². The first kappa shape index (κ1) is 9.71. The van der Waals surface area contributed by atoms with Crippen molar-refractivity contribution in [2.45, 2.75) is 12.8 Å². The number of methoxy groups -OCH3 is 1. The second-order valence-corrected chi connectivity index (χ2v) is 3.44. The van der Waals surface area contributed by atoms with Crippen LogP contribution in [0.1, 0.15) is 32.7 Å². The Hall–Kier alpha value is -1.84. The van der Waals surface area contributed by atoms with E-state index in [4.69, 9.17) is 9.84 Å². The largest absolute Gasteiger partial charge is 0.496 e. The van der Waals surface area contributed by atoms with Gasteiger partial charge in [0, 0.05) is 12.0 Å². The highest BCUT2D eigenvalue weighted by Gasteiger charge is 2.23. The summed E-state index contributed by atoms with van der Waals surface area (Å²) in [5, 5.41) is 8.93. The number of benzene rings is 1. The van der Waals surface area contributed by atoms with E-state index in [1.165, 1.54) is 19.2 Å². The topological polar surface area (TPSA) is 63.6 Å². The molecule has 1 N–H and O–H groups in total. The summed E-state index contributed by atoms with van der Waals surface area (Å²) in [6, 6.07) is 3.05. The molecule has 1 aromatic carbocycles. The molecule has 0 saturated carbocycles. The van der Waals surface area contributed by atoms with Crippen molar-refractivity contribution in [2.24, 2.45) is 0 Å². The normalized spacial score (nSPS) is 13.8. The third-order valence-electron chi connectivity index (χ3n) is 2.58. The number of hydrogen-bond acceptors (Lipinski definition) is 3. The third kappa shape index (κ3) is 1.48. The summed E-state index contributed by atoms with van der Waals surface area (Å²) >= 11 is 0. The second-order valence-electron chi connectivity index (χ2n) is 3.44. The highest BCUT2D eigenvalue weighted by atomic mass is 16.5. The van der Waals surface area contributed by atoms with Crippen LogP contribution in [0.15, 0.2) is 12.1 Å². The van der Waals surface area contributed by atoms with Gasteiger partial charge in [0.15, 0.2) is 5.78 Å². The molecule has 0 amide bonds. The Morgan fingerprint density at radius 3 is 2.73 bits per heavy atom. The Bertz CT molecular complexity index is 448. The summed E-state index contributed by atoms with van der Waals surface area (Å²) in [7, 11) is 1.40. The first-order chi connectivity index (χ1) is 7.13. The van der Waals surface area contributed by atoms with Crippen LogP contribution in [0.25, 0.3) is 0 Å². The lowest BCUT2D eigenvalue weighted by atomic mass is 10.0. The van der Waals surface area contributed by atoms with Crippen LogP contribution in [0, 0.1) is 0 Å². The maximum absolute atomic E-state index is 11.4. The maximum atomic E-state index is 11.4. The number of ketones is 1. The molecule has 78 valence electrons. The SMILES string of the molecule is COc1cc2c(cc1C(=O)O)CCC2=O. The van der Waals surface area contributed by atoms with Crippen LogP contribution >= 0.6 is 0 Å². The standard InChI is InChI=1S/C11H10O4/c1-15-10-5-7-6(2-3-9(7)12)4-8(10)11(13)14/h4-5H,2-3H2,1H3,(H,13,14). The second kappa shape index (κ2) is 3.38. The molecular formula is C11H10O4. The lowest BCUT2D eigenvalue weighted by Gasteiger charge is -2.07. The van der Waals surface area contributed by atoms with Crippen molar-refractivity contribution in [1.82, 2.24) is 0 Å². The quantitative estimate of drug-likeness (QED) is 0.796. The Morgan fingerprint density at radius 1 is 1.40 bits per heavy atom. The van der Waals surface area contributed by atoms with Crippen LogP contribution in [0.4, 0.5) is 0 Å². The zero-order valence-electron chi connectivity index (χ0n) is 8.24. The highest BCUT2D eigenvalue weighted by Crippen LogP contribution is 2.29. The number of carboxylic acid groups (broad SMARTS) is 1. The van der Waals surface area contributed by atoms with E-state index in [0.717, 1.165) is 5.56 Å². The van der Waals surface area contributed by atoms with Crippen molar-refractivity contribution >= 4 is 11.8 Å². The molecule has 15 heavy (non-hydrogen) atoms. The summed E-state index contributed by atoms with van der Waals surface area (Å²) < 4.78 is 4.95. The number of carboxylic acids is 1. The van der Waals surface area contributed by atoms with Crippen molar-refractivity contribution < 1.29 is 19.4 Å². The fourth-order valence-corrected chi connectivity index (χ4v) is 1.81. The smallest absolute Gasteiger partial charge is 0.339 e. The summed E-state index contributed by atoms with van der Waals surface area (Å²) in [5.74, 6) is -0.731. The van der Waals surface area contributed by atoms with Gasteiger partial charge >= 0.3 is 5.97 Å². The van der Waals surface area contributed by atoms with Gasteiger partial charge in [0.1, 0.15) is 11.3 Å². The average molecular weight is 206 g/mol. The number of hydrogen-bond donors (Lipinski definition) is 1. The van der Waals surface area contributed by atoms with E-state index in [1.807, 2.05) is 0 Å². The van der Waals surface area contributed by atoms with Crippen LogP contribution in [-0.4, -0.2) is 24.0 Å². The number of aryl methyl sites for hydroxylation is 1. The molecule has 0 heterocycles. The zero-order valence-corrected chi connectivity index (χ0v) is 8.24. The van der Waals surface area contributed by atoms with Crippen molar-refractivity contribution in [1.29, 1.82) is 0 Å². The van der Waals surface area contributed by atoms with Gasteiger partial charge in [0.05, 0.1) is 7.11 Å². The van der Waals surface area contributed by atoms with Crippen LogP contribution in [0.2, 0.25) is 0 Å². The van der Waals surface area contributed by atoms with Gasteiger partial charge in [-0.3, -0.25) is 4.79 Å². The van der Waals surface area contributed by atoms with Crippen LogP contribution in [-0.2, 0) is 6.42 Å². The fraction of sp³-hybridized carbons (Fsp3) is 0.273. The molecule has 2 rings (SSSR count). The summed E-state index contributed by atoms with van der Waals surface area (Å²) in [6.45, 7) is 0. The number of carbonyl (C=O) groups is 2. The molecule has 0 aromatic heterocycles. The van der Waals surface area contributed by atoms with E-state index in [9.17, 15) is 9.59 Å². The van der Waals surface area contributed by atoms with Gasteiger partial charge in [-0.1, -0.05) is 0 Å². The molecule has 4 heteroatoms. The zero-order chi connectivity index (χ0) is 11.0. The number of rotatable bonds is 2. The average Bonchev–Trinajstić information content (AvgIpc) is 2.58. The van der Waals surface area contributed by atoms with E-state index in [1.54, 1.807) is 0 Å². The molecule has 0 saturated heterocycles. The molecule has 4 nitrogen and oxygen atoms in total. The molecule has 0 atom stereocenters. The number of fused-ring (bicyclic) bond motifs is 1. The molecule has 0 fully saturated rings. The Balaban J connectivity index is 2.61. The van der Waals surface area contributed by atoms with E-state index in [0.29, 0.717) is 18.4 Å². The van der Waals surface area contributed by atoms with Crippen LogP contribution in [0.5, 0.6) is 5.75 Å². The number of carbonyl (C=O) groups excluding carboxylic acids is 1. The third-order valence-corrected chi connectivity index (χ3v) is 2.58. The van der Waals surface area contributed by atoms with Gasteiger partial charge in [-0.05, 0) is 24.1 Å². The monoisotopic (exact) mass is 206 g/mol. The van der Waals surface area contributed by atoms with Crippen molar-refractivity contribution in [2.75, 3.05) is 7.11 Å². The molecule has 0 bridgehead atoms. The van der Waals surface area contributed by atoms with Gasteiger partial charge in [-0.15, -0.1) is 0 Å². The predicted octanol–water partition coefficient (Wildman–Crippen LogP) is 1.52. The summed E-state index contributed by atoms with van der Waals surface area (Å²) in [4.78, 5) is 22.3. The Kier molecular flexibility index (Phi) is 2.19. The van der Waals surface area contributed by atoms with E-state index < -0.39 is 5.97 Å². The minimum Gasteiger partial charge on any atom is -0.496 e. The first-order valence-electron chi connectivity index (χ1n) is 4.61. The molecule has 0 spiro atoms. The van der Waals surface area contributed by atoms with Gasteiger partial charge in [0.25, 0.3) is 0 Å². The maximum Gasteiger partial charge on any atom is 0.339 e. The summed E-state index contributed by atoms with van der Waals surface area (Å²) in [5.41, 5.74) is 1.51. The van der Waals surface area contributed by atoms with Gasteiger partial charge in [-0.2, -0.15) is 0 Å². The Labute approximate surface area is 86.5 Å². The molecule has 0 aliphatic heterocycles. The minimum atomic E-state index is -1.03. The fourth-order valence-electron chi connectivity index (χ4n) is 1.81. The molecular weight excluding hydrogens is 196 g/mol. The van der Waals surface area contributed by atoms with Crippen LogP contribution < -0.4 is 4.74 Å². The summed E-state index contributed by atoms with van der Waals surface area (Å²) in [6.07, 6.45) is 1.08.